The number of hydrogen-bond donors (Lipinski definition) is 0. The minimum Gasteiger partial charge on any atom is -0.455 e. The summed E-state index contributed by atoms with van der Waals surface area (Å²) < 4.78 is 11.7. The summed E-state index contributed by atoms with van der Waals surface area (Å²) in [4.78, 5) is 2.44. The van der Waals surface area contributed by atoms with E-state index in [1.165, 1.54) is 73.3 Å². The summed E-state index contributed by atoms with van der Waals surface area (Å²) in [5.74, 6) is 0. The molecule has 0 aliphatic heterocycles. The van der Waals surface area contributed by atoms with E-state index in [9.17, 15) is 0 Å². The number of anilines is 3. The maximum atomic E-state index is 6.58. The zero-order valence-corrected chi connectivity index (χ0v) is 28.4. The highest BCUT2D eigenvalue weighted by Gasteiger charge is 2.21. The predicted molar refractivity (Wildman–Crippen MR) is 217 cm³/mol. The van der Waals surface area contributed by atoms with Crippen LogP contribution in [0.1, 0.15) is 0 Å². The lowest BCUT2D eigenvalue weighted by Crippen LogP contribution is -2.10. The van der Waals surface area contributed by atoms with Crippen LogP contribution in [0.15, 0.2) is 168 Å². The van der Waals surface area contributed by atoms with E-state index in [4.69, 9.17) is 4.42 Å². The summed E-state index contributed by atoms with van der Waals surface area (Å²) in [5, 5.41) is 9.82. The molecular weight excluding hydrogens is 647 g/mol. The molecule has 50 heavy (non-hydrogen) atoms. The summed E-state index contributed by atoms with van der Waals surface area (Å²) in [7, 11) is 0. The third-order valence-electron chi connectivity index (χ3n) is 10.1. The van der Waals surface area contributed by atoms with Crippen molar-refractivity contribution in [3.05, 3.63) is 164 Å². The van der Waals surface area contributed by atoms with Gasteiger partial charge in [-0.2, -0.15) is 0 Å². The van der Waals surface area contributed by atoms with Crippen molar-refractivity contribution in [2.24, 2.45) is 0 Å². The summed E-state index contributed by atoms with van der Waals surface area (Å²) >= 11 is 3.71. The molecular formula is C46H27NOS2. The van der Waals surface area contributed by atoms with Gasteiger partial charge in [-0.15, -0.1) is 22.7 Å². The summed E-state index contributed by atoms with van der Waals surface area (Å²) in [6.45, 7) is 0. The number of nitrogens with zero attached hydrogens (tertiary/aromatic N) is 1. The fourth-order valence-electron chi connectivity index (χ4n) is 7.79. The van der Waals surface area contributed by atoms with Crippen molar-refractivity contribution in [1.29, 1.82) is 0 Å². The molecule has 8 aromatic carbocycles. The SMILES string of the molecule is c1ccc(-c2ccc(N(c3ccc4c(c3)sc3ccc5oc6c7ccccc7ccc6c5c34)c3cccc4sc5ccccc5c34)cc2)cc1. The molecule has 4 heteroatoms. The van der Waals surface area contributed by atoms with Crippen LogP contribution >= 0.6 is 22.7 Å². The lowest BCUT2D eigenvalue weighted by molar-refractivity contribution is 0.673. The first-order chi connectivity index (χ1) is 24.8. The minimum absolute atomic E-state index is 0.934. The van der Waals surface area contributed by atoms with Gasteiger partial charge in [0, 0.05) is 67.9 Å². The zero-order chi connectivity index (χ0) is 32.8. The van der Waals surface area contributed by atoms with Gasteiger partial charge in [0.05, 0.1) is 5.69 Å². The van der Waals surface area contributed by atoms with Gasteiger partial charge in [-0.3, -0.25) is 0 Å². The van der Waals surface area contributed by atoms with E-state index < -0.39 is 0 Å². The smallest absolute Gasteiger partial charge is 0.143 e. The van der Waals surface area contributed by atoms with Crippen LogP contribution in [0.25, 0.3) is 84.2 Å². The molecule has 3 heterocycles. The van der Waals surface area contributed by atoms with E-state index in [2.05, 4.69) is 169 Å². The largest absolute Gasteiger partial charge is 0.455 e. The molecule has 2 nitrogen and oxygen atoms in total. The van der Waals surface area contributed by atoms with Crippen molar-refractivity contribution < 1.29 is 4.42 Å². The Labute approximate surface area is 295 Å². The van der Waals surface area contributed by atoms with Gasteiger partial charge in [-0.1, -0.05) is 103 Å². The van der Waals surface area contributed by atoms with E-state index in [1.807, 2.05) is 22.7 Å². The van der Waals surface area contributed by atoms with E-state index in [1.54, 1.807) is 0 Å². The van der Waals surface area contributed by atoms with Crippen LogP contribution in [0.3, 0.4) is 0 Å². The van der Waals surface area contributed by atoms with Gasteiger partial charge in [-0.25, -0.2) is 0 Å². The average molecular weight is 674 g/mol. The van der Waals surface area contributed by atoms with Crippen LogP contribution in [0, 0.1) is 0 Å². The van der Waals surface area contributed by atoms with Crippen LogP contribution in [0.5, 0.6) is 0 Å². The van der Waals surface area contributed by atoms with Crippen molar-refractivity contribution in [2.75, 3.05) is 4.90 Å². The summed E-state index contributed by atoms with van der Waals surface area (Å²) in [6.07, 6.45) is 0. The summed E-state index contributed by atoms with van der Waals surface area (Å²) in [5.41, 5.74) is 7.77. The van der Waals surface area contributed by atoms with Crippen molar-refractivity contribution >= 4 is 113 Å². The molecule has 0 N–H and O–H groups in total. The topological polar surface area (TPSA) is 16.4 Å². The number of hydrogen-bond acceptors (Lipinski definition) is 4. The highest BCUT2D eigenvalue weighted by atomic mass is 32.1. The number of furan rings is 1. The molecule has 0 amide bonds. The van der Waals surface area contributed by atoms with Crippen molar-refractivity contribution in [2.45, 2.75) is 0 Å². The first-order valence-corrected chi connectivity index (χ1v) is 18.5. The molecule has 0 bridgehead atoms. The molecule has 0 aliphatic carbocycles. The Morgan fingerprint density at radius 2 is 1.08 bits per heavy atom. The predicted octanol–water partition coefficient (Wildman–Crippen LogP) is 14.6. The Bertz CT molecular complexity index is 3090. The van der Waals surface area contributed by atoms with Crippen LogP contribution < -0.4 is 4.90 Å². The summed E-state index contributed by atoms with van der Waals surface area (Å²) in [6, 6.07) is 59.4. The van der Waals surface area contributed by atoms with Gasteiger partial charge in [-0.05, 0) is 77.2 Å². The Hall–Kier alpha value is -5.94. The second-order valence-electron chi connectivity index (χ2n) is 12.9. The van der Waals surface area contributed by atoms with Gasteiger partial charge < -0.3 is 9.32 Å². The lowest BCUT2D eigenvalue weighted by Gasteiger charge is -2.27. The van der Waals surface area contributed by atoms with Crippen LogP contribution in [0.2, 0.25) is 0 Å². The fourth-order valence-corrected chi connectivity index (χ4v) is 10.1. The third-order valence-corrected chi connectivity index (χ3v) is 12.3. The van der Waals surface area contributed by atoms with Crippen molar-refractivity contribution in [3.63, 3.8) is 0 Å². The fraction of sp³-hybridized carbons (Fsp3) is 0. The van der Waals surface area contributed by atoms with Gasteiger partial charge in [0.1, 0.15) is 11.2 Å². The average Bonchev–Trinajstić information content (AvgIpc) is 3.87. The van der Waals surface area contributed by atoms with Gasteiger partial charge >= 0.3 is 0 Å². The molecule has 234 valence electrons. The minimum atomic E-state index is 0.934. The Balaban J connectivity index is 1.15. The van der Waals surface area contributed by atoms with E-state index in [0.29, 0.717) is 0 Å². The maximum absolute atomic E-state index is 6.58. The normalized spacial score (nSPS) is 12.0. The molecule has 0 fully saturated rings. The van der Waals surface area contributed by atoms with Crippen LogP contribution in [-0.2, 0) is 0 Å². The molecule has 0 spiro atoms. The molecule has 0 radical (unpaired) electrons. The molecule has 11 rings (SSSR count). The Kier molecular flexibility index (Phi) is 6.03. The van der Waals surface area contributed by atoms with Crippen molar-refractivity contribution in [3.8, 4) is 11.1 Å². The second kappa shape index (κ2) is 10.8. The van der Waals surface area contributed by atoms with Crippen molar-refractivity contribution in [1.82, 2.24) is 0 Å². The maximum Gasteiger partial charge on any atom is 0.143 e. The highest BCUT2D eigenvalue weighted by Crippen LogP contribution is 2.48. The monoisotopic (exact) mass is 673 g/mol. The molecule has 0 saturated heterocycles. The molecule has 0 atom stereocenters. The van der Waals surface area contributed by atoms with E-state index in [-0.39, 0.29) is 0 Å². The lowest BCUT2D eigenvalue weighted by atomic mass is 10.0. The number of thiophene rings is 2. The van der Waals surface area contributed by atoms with E-state index >= 15 is 0 Å². The second-order valence-corrected chi connectivity index (χ2v) is 15.0. The zero-order valence-electron chi connectivity index (χ0n) is 26.8. The highest BCUT2D eigenvalue weighted by molar-refractivity contribution is 7.26. The van der Waals surface area contributed by atoms with Gasteiger partial charge in [0.15, 0.2) is 0 Å². The third kappa shape index (κ3) is 4.13. The van der Waals surface area contributed by atoms with E-state index in [0.717, 1.165) is 27.9 Å². The van der Waals surface area contributed by atoms with Gasteiger partial charge in [0.2, 0.25) is 0 Å². The molecule has 11 aromatic rings. The first-order valence-electron chi connectivity index (χ1n) is 16.8. The molecule has 3 aromatic heterocycles. The van der Waals surface area contributed by atoms with Crippen LogP contribution in [-0.4, -0.2) is 0 Å². The number of rotatable bonds is 4. The standard InChI is InChI=1S/C46H27NOS2/c1-2-9-28(10-3-1)29-17-20-31(21-18-29)47(37-14-8-16-40-43(37)34-13-6-7-15-39(34)49-40)32-22-24-35-42(27-32)50-41-26-25-38-44(45(35)41)36-23-19-30-11-4-5-12-33(30)46(36)48-38/h1-27H. The first kappa shape index (κ1) is 28.0. The number of fused-ring (bicyclic) bond motifs is 12. The molecule has 0 saturated carbocycles. The molecule has 0 aliphatic rings. The molecule has 0 unspecified atom stereocenters. The Morgan fingerprint density at radius 3 is 1.98 bits per heavy atom. The van der Waals surface area contributed by atoms with Crippen LogP contribution in [0.4, 0.5) is 17.1 Å². The number of benzene rings is 8. The van der Waals surface area contributed by atoms with Gasteiger partial charge in [0.25, 0.3) is 0 Å². The quantitative estimate of drug-likeness (QED) is 0.185. The Morgan fingerprint density at radius 1 is 0.400 bits per heavy atom.